The van der Waals surface area contributed by atoms with Gasteiger partial charge in [0.2, 0.25) is 0 Å². The lowest BCUT2D eigenvalue weighted by atomic mass is 10.1. The molecule has 0 spiro atoms. The average molecular weight is 398 g/mol. The largest absolute Gasteiger partial charge is 0.496 e. The van der Waals surface area contributed by atoms with E-state index in [0.717, 1.165) is 16.9 Å². The summed E-state index contributed by atoms with van der Waals surface area (Å²) in [6.45, 7) is 0.292. The van der Waals surface area contributed by atoms with Crippen molar-refractivity contribution < 1.29 is 14.6 Å². The van der Waals surface area contributed by atoms with Gasteiger partial charge >= 0.3 is 0 Å². The number of aliphatic hydroxyl groups is 1. The van der Waals surface area contributed by atoms with Crippen molar-refractivity contribution in [1.82, 2.24) is 0 Å². The third kappa shape index (κ3) is 4.98. The molecule has 2 rings (SSSR count). The van der Waals surface area contributed by atoms with Crippen LogP contribution in [0.25, 0.3) is 0 Å². The Kier molecular flexibility index (Phi) is 6.48. The van der Waals surface area contributed by atoms with E-state index in [9.17, 15) is 5.11 Å². The number of aliphatic hydroxyl groups excluding tert-OH is 1. The Bertz CT molecular complexity index is 545. The minimum absolute atomic E-state index is 0.0591. The molecule has 4 heteroatoms. The quantitative estimate of drug-likeness (QED) is 0.571. The van der Waals surface area contributed by atoms with Gasteiger partial charge in [0.05, 0.1) is 19.8 Å². The molecule has 112 valence electrons. The molecule has 0 amide bonds. The number of ether oxygens (including phenoxy) is 2. The summed E-state index contributed by atoms with van der Waals surface area (Å²) < 4.78 is 11.0. The predicted octanol–water partition coefficient (Wildman–Crippen LogP) is 3.75. The molecule has 0 aromatic heterocycles. The fraction of sp³-hybridized carbons (Fsp3) is 0.294. The first-order valence-electron chi connectivity index (χ1n) is 6.81. The Morgan fingerprint density at radius 1 is 1.05 bits per heavy atom. The van der Waals surface area contributed by atoms with E-state index in [1.807, 2.05) is 54.6 Å². The second-order valence-electron chi connectivity index (χ2n) is 4.73. The van der Waals surface area contributed by atoms with Crippen molar-refractivity contribution >= 4 is 22.6 Å². The summed E-state index contributed by atoms with van der Waals surface area (Å²) in [5.41, 5.74) is 2.09. The lowest BCUT2D eigenvalue weighted by Crippen LogP contribution is -2.19. The van der Waals surface area contributed by atoms with Crippen LogP contribution < -0.4 is 4.74 Å². The molecule has 0 fully saturated rings. The van der Waals surface area contributed by atoms with Crippen LogP contribution in [0.3, 0.4) is 0 Å². The zero-order chi connectivity index (χ0) is 15.1. The number of hydrogen-bond acceptors (Lipinski definition) is 3. The Balaban J connectivity index is 1.86. The summed E-state index contributed by atoms with van der Waals surface area (Å²) >= 11 is 2.23. The van der Waals surface area contributed by atoms with Crippen LogP contribution in [0.15, 0.2) is 54.6 Å². The first kappa shape index (κ1) is 16.3. The monoisotopic (exact) mass is 398 g/mol. The predicted molar refractivity (Wildman–Crippen MR) is 91.9 cm³/mol. The van der Waals surface area contributed by atoms with Gasteiger partial charge in [-0.25, -0.2) is 0 Å². The van der Waals surface area contributed by atoms with Gasteiger partial charge in [-0.05, 0) is 39.8 Å². The number of hydrogen-bond donors (Lipinski definition) is 1. The van der Waals surface area contributed by atoms with Gasteiger partial charge in [-0.1, -0.05) is 48.5 Å². The van der Waals surface area contributed by atoms with E-state index in [0.29, 0.717) is 13.0 Å². The molecule has 0 radical (unpaired) electrons. The molecule has 0 aliphatic rings. The van der Waals surface area contributed by atoms with Crippen molar-refractivity contribution in [2.45, 2.75) is 16.6 Å². The van der Waals surface area contributed by atoms with Crippen LogP contribution in [0.1, 0.15) is 15.2 Å². The number of methoxy groups -OCH3 is 1. The number of para-hydroxylation sites is 1. The lowest BCUT2D eigenvalue weighted by molar-refractivity contribution is 0.0305. The first-order valence-corrected chi connectivity index (χ1v) is 8.06. The van der Waals surface area contributed by atoms with Crippen LogP contribution >= 0.6 is 22.6 Å². The third-order valence-electron chi connectivity index (χ3n) is 3.14. The molecular weight excluding hydrogens is 379 g/mol. The highest BCUT2D eigenvalue weighted by molar-refractivity contribution is 14.1. The molecule has 2 unspecified atom stereocenters. The summed E-state index contributed by atoms with van der Waals surface area (Å²) in [4.78, 5) is 0. The highest BCUT2D eigenvalue weighted by Gasteiger charge is 2.13. The summed E-state index contributed by atoms with van der Waals surface area (Å²) in [7, 11) is 1.64. The van der Waals surface area contributed by atoms with E-state index < -0.39 is 6.10 Å². The zero-order valence-corrected chi connectivity index (χ0v) is 14.1. The molecule has 0 saturated carbocycles. The normalized spacial score (nSPS) is 13.7. The first-order chi connectivity index (χ1) is 10.2. The minimum Gasteiger partial charge on any atom is -0.496 e. The van der Waals surface area contributed by atoms with Crippen molar-refractivity contribution in [2.24, 2.45) is 0 Å². The summed E-state index contributed by atoms with van der Waals surface area (Å²) in [5, 5.41) is 10.1. The Hall–Kier alpha value is -1.11. The topological polar surface area (TPSA) is 38.7 Å². The number of alkyl halides is 1. The Morgan fingerprint density at radius 3 is 2.43 bits per heavy atom. The zero-order valence-electron chi connectivity index (χ0n) is 11.9. The van der Waals surface area contributed by atoms with Gasteiger partial charge in [-0.3, -0.25) is 0 Å². The summed E-state index contributed by atoms with van der Waals surface area (Å²) in [5.74, 6) is 0.797. The van der Waals surface area contributed by atoms with Crippen molar-refractivity contribution in [3.8, 4) is 5.75 Å². The molecule has 2 aromatic carbocycles. The number of benzene rings is 2. The molecule has 2 atom stereocenters. The third-order valence-corrected chi connectivity index (χ3v) is 4.22. The molecular formula is C17H19IO3. The minimum atomic E-state index is -0.553. The highest BCUT2D eigenvalue weighted by atomic mass is 127. The van der Waals surface area contributed by atoms with Gasteiger partial charge in [0.15, 0.2) is 0 Å². The van der Waals surface area contributed by atoms with Crippen LogP contribution in [0.4, 0.5) is 0 Å². The van der Waals surface area contributed by atoms with E-state index in [1.54, 1.807) is 7.11 Å². The van der Waals surface area contributed by atoms with Gasteiger partial charge in [-0.2, -0.15) is 0 Å². The second kappa shape index (κ2) is 8.36. The molecule has 0 heterocycles. The maximum absolute atomic E-state index is 10.1. The summed E-state index contributed by atoms with van der Waals surface area (Å²) in [6, 6.07) is 17.7. The van der Waals surface area contributed by atoms with Crippen LogP contribution in [0.2, 0.25) is 0 Å². The maximum atomic E-state index is 10.1. The van der Waals surface area contributed by atoms with Crippen molar-refractivity contribution in [3.63, 3.8) is 0 Å². The lowest BCUT2D eigenvalue weighted by Gasteiger charge is -2.16. The number of rotatable bonds is 7. The van der Waals surface area contributed by atoms with E-state index in [4.69, 9.17) is 9.47 Å². The smallest absolute Gasteiger partial charge is 0.133 e. The van der Waals surface area contributed by atoms with Crippen LogP contribution in [0.5, 0.6) is 5.75 Å². The van der Waals surface area contributed by atoms with E-state index in [-0.39, 0.29) is 4.11 Å². The van der Waals surface area contributed by atoms with Crippen LogP contribution in [-0.4, -0.2) is 24.9 Å². The standard InChI is InChI=1S/C17H19IO3/c1-20-16-10-6-5-9-14(16)11-15(19)12-21-17(18)13-7-3-2-4-8-13/h2-10,15,17,19H,11-12H2,1H3. The van der Waals surface area contributed by atoms with Gasteiger partial charge in [0.1, 0.15) is 9.86 Å². The molecule has 0 bridgehead atoms. The van der Waals surface area contributed by atoms with Crippen LogP contribution in [-0.2, 0) is 11.2 Å². The fourth-order valence-electron chi connectivity index (χ4n) is 2.08. The SMILES string of the molecule is COc1ccccc1CC(O)COC(I)c1ccccc1. The highest BCUT2D eigenvalue weighted by Crippen LogP contribution is 2.25. The summed E-state index contributed by atoms with van der Waals surface area (Å²) in [6.07, 6.45) is -0.0374. The van der Waals surface area contributed by atoms with Crippen molar-refractivity contribution in [1.29, 1.82) is 0 Å². The van der Waals surface area contributed by atoms with E-state index in [1.165, 1.54) is 0 Å². The Labute approximate surface area is 139 Å². The number of halogens is 1. The van der Waals surface area contributed by atoms with Gasteiger partial charge in [0, 0.05) is 6.42 Å². The fourth-order valence-corrected chi connectivity index (χ4v) is 2.70. The maximum Gasteiger partial charge on any atom is 0.133 e. The molecule has 2 aromatic rings. The van der Waals surface area contributed by atoms with Crippen LogP contribution in [0, 0.1) is 0 Å². The van der Waals surface area contributed by atoms with Gasteiger partial charge in [-0.15, -0.1) is 0 Å². The Morgan fingerprint density at radius 2 is 1.71 bits per heavy atom. The van der Waals surface area contributed by atoms with Crippen molar-refractivity contribution in [3.05, 3.63) is 65.7 Å². The average Bonchev–Trinajstić information content (AvgIpc) is 2.54. The molecule has 0 aliphatic heterocycles. The van der Waals surface area contributed by atoms with Gasteiger partial charge in [0.25, 0.3) is 0 Å². The van der Waals surface area contributed by atoms with Gasteiger partial charge < -0.3 is 14.6 Å². The van der Waals surface area contributed by atoms with Crippen molar-refractivity contribution in [2.75, 3.05) is 13.7 Å². The molecule has 1 N–H and O–H groups in total. The van der Waals surface area contributed by atoms with E-state index in [2.05, 4.69) is 22.6 Å². The second-order valence-corrected chi connectivity index (χ2v) is 5.86. The van der Waals surface area contributed by atoms with E-state index >= 15 is 0 Å². The molecule has 3 nitrogen and oxygen atoms in total. The molecule has 0 aliphatic carbocycles. The molecule has 21 heavy (non-hydrogen) atoms. The molecule has 0 saturated heterocycles.